The van der Waals surface area contributed by atoms with Gasteiger partial charge in [0, 0.05) is 34.4 Å². The lowest BCUT2D eigenvalue weighted by Gasteiger charge is -2.19. The van der Waals surface area contributed by atoms with Crippen LogP contribution in [0, 0.1) is 0 Å². The SMILES string of the molecule is CC(C)(C)OC(=O)NCCC(=O)Nc1cccc(NC(=O)c2ccc(Br)cc2)c1. The molecule has 0 spiro atoms. The number of rotatable bonds is 6. The number of alkyl carbamates (subject to hydrolysis) is 1. The van der Waals surface area contributed by atoms with E-state index in [1.54, 1.807) is 69.3 Å². The van der Waals surface area contributed by atoms with E-state index >= 15 is 0 Å². The number of hydrogen-bond acceptors (Lipinski definition) is 4. The fourth-order valence-corrected chi connectivity index (χ4v) is 2.56. The van der Waals surface area contributed by atoms with Crippen molar-refractivity contribution in [2.24, 2.45) is 0 Å². The number of hydrogen-bond donors (Lipinski definition) is 3. The second-order valence-corrected chi connectivity index (χ2v) is 8.18. The molecule has 2 rings (SSSR count). The van der Waals surface area contributed by atoms with Gasteiger partial charge >= 0.3 is 6.09 Å². The number of carbonyl (C=O) groups is 3. The number of amides is 3. The number of halogens is 1. The summed E-state index contributed by atoms with van der Waals surface area (Å²) in [7, 11) is 0. The molecule has 2 aromatic rings. The molecule has 8 heteroatoms. The van der Waals surface area contributed by atoms with E-state index in [1.807, 2.05) is 0 Å². The molecule has 0 saturated heterocycles. The molecule has 0 aromatic heterocycles. The first kappa shape index (κ1) is 22.4. The molecule has 0 fully saturated rings. The smallest absolute Gasteiger partial charge is 0.407 e. The average Bonchev–Trinajstić information content (AvgIpc) is 2.61. The molecule has 3 N–H and O–H groups in total. The third-order valence-electron chi connectivity index (χ3n) is 3.53. The van der Waals surface area contributed by atoms with Crippen LogP contribution in [-0.2, 0) is 9.53 Å². The number of carbonyl (C=O) groups excluding carboxylic acids is 3. The summed E-state index contributed by atoms with van der Waals surface area (Å²) in [6.45, 7) is 5.45. The predicted molar refractivity (Wildman–Crippen MR) is 116 cm³/mol. The van der Waals surface area contributed by atoms with Crippen molar-refractivity contribution in [3.63, 3.8) is 0 Å². The maximum atomic E-state index is 12.3. The van der Waals surface area contributed by atoms with Crippen LogP contribution in [-0.4, -0.2) is 30.1 Å². The van der Waals surface area contributed by atoms with E-state index < -0.39 is 11.7 Å². The van der Waals surface area contributed by atoms with Gasteiger partial charge in [-0.15, -0.1) is 0 Å². The summed E-state index contributed by atoms with van der Waals surface area (Å²) in [5, 5.41) is 8.06. The predicted octanol–water partition coefficient (Wildman–Crippen LogP) is 4.55. The van der Waals surface area contributed by atoms with Crippen molar-refractivity contribution in [2.75, 3.05) is 17.2 Å². The van der Waals surface area contributed by atoms with Gasteiger partial charge in [0.25, 0.3) is 5.91 Å². The van der Waals surface area contributed by atoms with Crippen LogP contribution in [0.2, 0.25) is 0 Å². The van der Waals surface area contributed by atoms with Gasteiger partial charge in [-0.1, -0.05) is 22.0 Å². The lowest BCUT2D eigenvalue weighted by atomic mass is 10.2. The molecule has 0 aliphatic carbocycles. The molecule has 154 valence electrons. The quantitative estimate of drug-likeness (QED) is 0.587. The highest BCUT2D eigenvalue weighted by Gasteiger charge is 2.16. The third-order valence-corrected chi connectivity index (χ3v) is 4.06. The van der Waals surface area contributed by atoms with Crippen LogP contribution in [0.4, 0.5) is 16.2 Å². The lowest BCUT2D eigenvalue weighted by Crippen LogP contribution is -2.34. The number of anilines is 2. The Bertz CT molecular complexity index is 876. The van der Waals surface area contributed by atoms with Crippen molar-refractivity contribution in [1.82, 2.24) is 5.32 Å². The average molecular weight is 462 g/mol. The molecular formula is C21H24BrN3O4. The van der Waals surface area contributed by atoms with E-state index in [2.05, 4.69) is 31.9 Å². The zero-order valence-corrected chi connectivity index (χ0v) is 18.1. The van der Waals surface area contributed by atoms with E-state index in [0.29, 0.717) is 16.9 Å². The van der Waals surface area contributed by atoms with Crippen LogP contribution in [0.25, 0.3) is 0 Å². The Morgan fingerprint density at radius 2 is 1.59 bits per heavy atom. The first-order valence-electron chi connectivity index (χ1n) is 9.06. The van der Waals surface area contributed by atoms with Crippen LogP contribution in [0.1, 0.15) is 37.6 Å². The summed E-state index contributed by atoms with van der Waals surface area (Å²) in [4.78, 5) is 35.9. The van der Waals surface area contributed by atoms with Crippen molar-refractivity contribution in [3.8, 4) is 0 Å². The molecule has 0 saturated carbocycles. The van der Waals surface area contributed by atoms with E-state index in [1.165, 1.54) is 0 Å². The van der Waals surface area contributed by atoms with Gasteiger partial charge in [-0.05, 0) is 63.2 Å². The fourth-order valence-electron chi connectivity index (χ4n) is 2.29. The molecule has 29 heavy (non-hydrogen) atoms. The molecule has 0 aliphatic heterocycles. The minimum atomic E-state index is -0.590. The summed E-state index contributed by atoms with van der Waals surface area (Å²) >= 11 is 3.33. The zero-order chi connectivity index (χ0) is 21.4. The summed E-state index contributed by atoms with van der Waals surface area (Å²) in [6, 6.07) is 13.8. The number of nitrogens with one attached hydrogen (secondary N) is 3. The molecule has 0 radical (unpaired) electrons. The van der Waals surface area contributed by atoms with Crippen molar-refractivity contribution in [2.45, 2.75) is 32.8 Å². The molecule has 0 atom stereocenters. The molecule has 0 aliphatic rings. The molecule has 3 amide bonds. The van der Waals surface area contributed by atoms with Gasteiger partial charge in [0.05, 0.1) is 0 Å². The summed E-state index contributed by atoms with van der Waals surface area (Å²) in [5.74, 6) is -0.514. The fraction of sp³-hybridized carbons (Fsp3) is 0.286. The molecule has 2 aromatic carbocycles. The van der Waals surface area contributed by atoms with Gasteiger partial charge in [0.1, 0.15) is 5.60 Å². The van der Waals surface area contributed by atoms with E-state index in [-0.39, 0.29) is 24.8 Å². The third kappa shape index (κ3) is 8.35. The van der Waals surface area contributed by atoms with E-state index in [4.69, 9.17) is 4.74 Å². The first-order chi connectivity index (χ1) is 13.6. The lowest BCUT2D eigenvalue weighted by molar-refractivity contribution is -0.116. The first-order valence-corrected chi connectivity index (χ1v) is 9.85. The Balaban J connectivity index is 1.84. The molecule has 0 bridgehead atoms. The highest BCUT2D eigenvalue weighted by molar-refractivity contribution is 9.10. The molecule has 7 nitrogen and oxygen atoms in total. The standard InChI is InChI=1S/C21H24BrN3O4/c1-21(2,3)29-20(28)23-12-11-18(26)24-16-5-4-6-17(13-16)25-19(27)14-7-9-15(22)10-8-14/h4-10,13H,11-12H2,1-3H3,(H,23,28)(H,24,26)(H,25,27). The van der Waals surface area contributed by atoms with Gasteiger partial charge in [-0.3, -0.25) is 9.59 Å². The molecule has 0 unspecified atom stereocenters. The monoisotopic (exact) mass is 461 g/mol. The maximum Gasteiger partial charge on any atom is 0.407 e. The van der Waals surface area contributed by atoms with Crippen LogP contribution < -0.4 is 16.0 Å². The van der Waals surface area contributed by atoms with E-state index in [0.717, 1.165) is 4.47 Å². The van der Waals surface area contributed by atoms with Crippen LogP contribution >= 0.6 is 15.9 Å². The Morgan fingerprint density at radius 1 is 0.966 bits per heavy atom. The van der Waals surface area contributed by atoms with Gasteiger partial charge < -0.3 is 20.7 Å². The minimum absolute atomic E-state index is 0.0920. The normalized spacial score (nSPS) is 10.8. The Hall–Kier alpha value is -2.87. The van der Waals surface area contributed by atoms with Crippen LogP contribution in [0.5, 0.6) is 0 Å². The largest absolute Gasteiger partial charge is 0.444 e. The van der Waals surface area contributed by atoms with Crippen LogP contribution in [0.3, 0.4) is 0 Å². The Labute approximate surface area is 178 Å². The Morgan fingerprint density at radius 3 is 2.21 bits per heavy atom. The topological polar surface area (TPSA) is 96.5 Å². The van der Waals surface area contributed by atoms with Gasteiger partial charge in [-0.2, -0.15) is 0 Å². The van der Waals surface area contributed by atoms with Gasteiger partial charge in [0.2, 0.25) is 5.91 Å². The second-order valence-electron chi connectivity index (χ2n) is 7.27. The van der Waals surface area contributed by atoms with Crippen molar-refractivity contribution >= 4 is 45.2 Å². The van der Waals surface area contributed by atoms with Gasteiger partial charge in [-0.25, -0.2) is 4.79 Å². The summed E-state index contributed by atoms with van der Waals surface area (Å²) in [6.07, 6.45) is -0.475. The Kier molecular flexibility index (Phi) is 7.78. The minimum Gasteiger partial charge on any atom is -0.444 e. The number of ether oxygens (including phenoxy) is 1. The number of benzene rings is 2. The van der Waals surface area contributed by atoms with Crippen molar-refractivity contribution in [3.05, 3.63) is 58.6 Å². The molecular weight excluding hydrogens is 438 g/mol. The summed E-state index contributed by atoms with van der Waals surface area (Å²) in [5.41, 5.74) is 1.03. The van der Waals surface area contributed by atoms with E-state index in [9.17, 15) is 14.4 Å². The van der Waals surface area contributed by atoms with Gasteiger partial charge in [0.15, 0.2) is 0 Å². The molecule has 0 heterocycles. The summed E-state index contributed by atoms with van der Waals surface area (Å²) < 4.78 is 6.00. The maximum absolute atomic E-state index is 12.3. The van der Waals surface area contributed by atoms with Crippen molar-refractivity contribution in [1.29, 1.82) is 0 Å². The highest BCUT2D eigenvalue weighted by Crippen LogP contribution is 2.17. The van der Waals surface area contributed by atoms with Crippen molar-refractivity contribution < 1.29 is 19.1 Å². The highest BCUT2D eigenvalue weighted by atomic mass is 79.9. The zero-order valence-electron chi connectivity index (χ0n) is 16.5. The van der Waals surface area contributed by atoms with Crippen LogP contribution in [0.15, 0.2) is 53.0 Å². The second kappa shape index (κ2) is 10.1.